The molecule has 0 bridgehead atoms. The fourth-order valence-corrected chi connectivity index (χ4v) is 1.79. The molecule has 0 radical (unpaired) electrons. The van der Waals surface area contributed by atoms with Gasteiger partial charge in [0.1, 0.15) is 12.1 Å². The van der Waals surface area contributed by atoms with Crippen molar-refractivity contribution in [3.8, 4) is 0 Å². The van der Waals surface area contributed by atoms with Crippen LogP contribution in [-0.2, 0) is 4.79 Å². The van der Waals surface area contributed by atoms with E-state index in [9.17, 15) is 4.79 Å². The lowest BCUT2D eigenvalue weighted by Gasteiger charge is -2.20. The van der Waals surface area contributed by atoms with Gasteiger partial charge in [0.05, 0.1) is 5.41 Å². The number of aryl methyl sites for hydroxylation is 1. The zero-order chi connectivity index (χ0) is 16.2. The molecule has 2 rings (SSSR count). The van der Waals surface area contributed by atoms with Crippen LogP contribution < -0.4 is 10.6 Å². The third kappa shape index (κ3) is 4.18. The van der Waals surface area contributed by atoms with Crippen molar-refractivity contribution in [3.63, 3.8) is 0 Å². The number of alkyl halides is 1. The first-order valence-corrected chi connectivity index (χ1v) is 7.47. The van der Waals surface area contributed by atoms with Gasteiger partial charge in [-0.25, -0.2) is 9.97 Å². The first kappa shape index (κ1) is 16.2. The predicted molar refractivity (Wildman–Crippen MR) is 89.6 cm³/mol. The lowest BCUT2D eigenvalue weighted by Crippen LogP contribution is -2.32. The Hall–Kier alpha value is -2.14. The van der Waals surface area contributed by atoms with E-state index in [1.54, 1.807) is 0 Å². The van der Waals surface area contributed by atoms with Gasteiger partial charge in [0.2, 0.25) is 5.91 Å². The van der Waals surface area contributed by atoms with Crippen LogP contribution >= 0.6 is 11.6 Å². The van der Waals surface area contributed by atoms with E-state index in [0.29, 0.717) is 0 Å². The number of benzene rings is 1. The van der Waals surface area contributed by atoms with E-state index >= 15 is 0 Å². The van der Waals surface area contributed by atoms with Gasteiger partial charge in [-0.15, -0.1) is 11.6 Å². The van der Waals surface area contributed by atoms with Crippen LogP contribution in [0.4, 0.5) is 17.2 Å². The van der Waals surface area contributed by atoms with Crippen LogP contribution in [0.5, 0.6) is 0 Å². The Balaban J connectivity index is 2.03. The summed E-state index contributed by atoms with van der Waals surface area (Å²) in [5.41, 5.74) is 1.90. The van der Waals surface area contributed by atoms with Crippen LogP contribution in [0.2, 0.25) is 0 Å². The highest BCUT2D eigenvalue weighted by Crippen LogP contribution is 2.22. The molecule has 0 aliphatic heterocycles. The van der Waals surface area contributed by atoms with Crippen molar-refractivity contribution in [2.45, 2.75) is 20.8 Å². The fourth-order valence-electron chi connectivity index (χ4n) is 1.67. The molecule has 1 amide bonds. The second-order valence-corrected chi connectivity index (χ2v) is 5.99. The van der Waals surface area contributed by atoms with Gasteiger partial charge in [0, 0.05) is 29.0 Å². The molecular weight excluding hydrogens is 300 g/mol. The normalized spacial score (nSPS) is 11.1. The quantitative estimate of drug-likeness (QED) is 0.824. The minimum absolute atomic E-state index is 0.102. The Morgan fingerprint density at radius 3 is 2.41 bits per heavy atom. The molecule has 0 atom stereocenters. The largest absolute Gasteiger partial charge is 0.340 e. The number of nitrogens with zero attached hydrogens (tertiary/aromatic N) is 2. The summed E-state index contributed by atoms with van der Waals surface area (Å²) in [4.78, 5) is 20.2. The molecule has 6 heteroatoms. The molecule has 0 aliphatic carbocycles. The summed E-state index contributed by atoms with van der Waals surface area (Å²) in [5.74, 6) is 0.896. The van der Waals surface area contributed by atoms with Gasteiger partial charge >= 0.3 is 0 Å². The summed E-state index contributed by atoms with van der Waals surface area (Å²) in [6.45, 7) is 5.52. The van der Waals surface area contributed by atoms with E-state index in [0.717, 1.165) is 22.9 Å². The highest BCUT2D eigenvalue weighted by Gasteiger charge is 2.26. The number of rotatable bonds is 5. The monoisotopic (exact) mass is 318 g/mol. The van der Waals surface area contributed by atoms with Gasteiger partial charge in [-0.2, -0.15) is 0 Å². The number of carbonyl (C=O) groups excluding carboxylic acids is 1. The lowest BCUT2D eigenvalue weighted by molar-refractivity contribution is -0.122. The van der Waals surface area contributed by atoms with Crippen LogP contribution in [0.1, 0.15) is 19.5 Å². The number of amides is 1. The van der Waals surface area contributed by atoms with Gasteiger partial charge in [0.15, 0.2) is 0 Å². The molecule has 2 aromatic rings. The number of hydrogen-bond acceptors (Lipinski definition) is 4. The van der Waals surface area contributed by atoms with Crippen LogP contribution in [-0.4, -0.2) is 21.8 Å². The highest BCUT2D eigenvalue weighted by atomic mass is 35.5. The minimum atomic E-state index is -0.600. The maximum Gasteiger partial charge on any atom is 0.231 e. The number of hydrogen-bond donors (Lipinski definition) is 2. The molecule has 0 saturated carbocycles. The molecule has 22 heavy (non-hydrogen) atoms. The predicted octanol–water partition coefficient (Wildman–Crippen LogP) is 3.73. The van der Waals surface area contributed by atoms with Crippen LogP contribution in [0.15, 0.2) is 36.7 Å². The van der Waals surface area contributed by atoms with E-state index in [1.807, 2.05) is 51.1 Å². The van der Waals surface area contributed by atoms with E-state index in [-0.39, 0.29) is 11.8 Å². The standard InChI is InChI=1S/C16H19ClN4O/c1-11-8-14(19-10-18-11)20-12-4-6-13(7-5-12)21-15(22)16(2,3)9-17/h4-8,10H,9H2,1-3H3,(H,21,22)(H,18,19,20). The van der Waals surface area contributed by atoms with Crippen LogP contribution in [0.3, 0.4) is 0 Å². The number of anilines is 3. The summed E-state index contributed by atoms with van der Waals surface area (Å²) in [6, 6.07) is 9.28. The van der Waals surface area contributed by atoms with Gasteiger partial charge in [-0.3, -0.25) is 4.79 Å². The molecule has 5 nitrogen and oxygen atoms in total. The molecule has 0 spiro atoms. The first-order valence-electron chi connectivity index (χ1n) is 6.94. The Labute approximate surface area is 135 Å². The third-order valence-electron chi connectivity index (χ3n) is 3.17. The van der Waals surface area contributed by atoms with E-state index in [1.165, 1.54) is 6.33 Å². The summed E-state index contributed by atoms with van der Waals surface area (Å²) >= 11 is 5.80. The maximum atomic E-state index is 12.1. The van der Waals surface area contributed by atoms with Crippen molar-refractivity contribution in [2.75, 3.05) is 16.5 Å². The smallest absolute Gasteiger partial charge is 0.231 e. The summed E-state index contributed by atoms with van der Waals surface area (Å²) in [6.07, 6.45) is 1.51. The van der Waals surface area contributed by atoms with E-state index in [2.05, 4.69) is 20.6 Å². The summed E-state index contributed by atoms with van der Waals surface area (Å²) < 4.78 is 0. The van der Waals surface area contributed by atoms with Gasteiger partial charge < -0.3 is 10.6 Å². The summed E-state index contributed by atoms with van der Waals surface area (Å²) in [7, 11) is 0. The number of aromatic nitrogens is 2. The Kier molecular flexibility index (Phi) is 4.98. The van der Waals surface area contributed by atoms with E-state index < -0.39 is 5.41 Å². The molecule has 1 aromatic heterocycles. The Bertz CT molecular complexity index is 655. The van der Waals surface area contributed by atoms with Crippen molar-refractivity contribution < 1.29 is 4.79 Å². The summed E-state index contributed by atoms with van der Waals surface area (Å²) in [5, 5.41) is 6.04. The van der Waals surface area contributed by atoms with Crippen molar-refractivity contribution in [1.82, 2.24) is 9.97 Å². The second kappa shape index (κ2) is 6.75. The minimum Gasteiger partial charge on any atom is -0.340 e. The van der Waals surface area contributed by atoms with Crippen LogP contribution in [0, 0.1) is 12.3 Å². The fraction of sp³-hybridized carbons (Fsp3) is 0.312. The molecular formula is C16H19ClN4O. The number of halogens is 1. The SMILES string of the molecule is Cc1cc(Nc2ccc(NC(=O)C(C)(C)CCl)cc2)ncn1. The molecule has 1 aromatic carbocycles. The second-order valence-electron chi connectivity index (χ2n) is 5.72. The van der Waals surface area contributed by atoms with E-state index in [4.69, 9.17) is 11.6 Å². The molecule has 0 saturated heterocycles. The molecule has 2 N–H and O–H groups in total. The number of nitrogens with one attached hydrogen (secondary N) is 2. The van der Waals surface area contributed by atoms with Gasteiger partial charge in [0.25, 0.3) is 0 Å². The zero-order valence-corrected chi connectivity index (χ0v) is 13.6. The third-order valence-corrected chi connectivity index (χ3v) is 3.84. The number of carbonyl (C=O) groups is 1. The maximum absolute atomic E-state index is 12.1. The van der Waals surface area contributed by atoms with Crippen molar-refractivity contribution in [1.29, 1.82) is 0 Å². The Morgan fingerprint density at radius 2 is 1.82 bits per heavy atom. The van der Waals surface area contributed by atoms with Gasteiger partial charge in [-0.1, -0.05) is 0 Å². The first-order chi connectivity index (χ1) is 10.4. The zero-order valence-electron chi connectivity index (χ0n) is 12.9. The molecule has 0 aliphatic rings. The van der Waals surface area contributed by atoms with Gasteiger partial charge in [-0.05, 0) is 45.0 Å². The molecule has 0 fully saturated rings. The molecule has 0 unspecified atom stereocenters. The van der Waals surface area contributed by atoms with Crippen molar-refractivity contribution in [2.24, 2.45) is 5.41 Å². The highest BCUT2D eigenvalue weighted by molar-refractivity contribution is 6.20. The topological polar surface area (TPSA) is 66.9 Å². The lowest BCUT2D eigenvalue weighted by atomic mass is 9.95. The Morgan fingerprint density at radius 1 is 1.18 bits per heavy atom. The average Bonchev–Trinajstić information content (AvgIpc) is 2.49. The molecule has 1 heterocycles. The van der Waals surface area contributed by atoms with Crippen molar-refractivity contribution >= 4 is 34.7 Å². The molecule has 116 valence electrons. The average molecular weight is 319 g/mol. The van der Waals surface area contributed by atoms with Crippen LogP contribution in [0.25, 0.3) is 0 Å². The van der Waals surface area contributed by atoms with Crippen molar-refractivity contribution in [3.05, 3.63) is 42.4 Å².